The van der Waals surface area contributed by atoms with E-state index in [1.807, 2.05) is 6.08 Å². The van der Waals surface area contributed by atoms with Crippen molar-refractivity contribution in [2.45, 2.75) is 136 Å². The summed E-state index contributed by atoms with van der Waals surface area (Å²) >= 11 is 0. The van der Waals surface area contributed by atoms with Crippen molar-refractivity contribution in [3.05, 3.63) is 11.6 Å². The van der Waals surface area contributed by atoms with Crippen molar-refractivity contribution in [1.29, 1.82) is 0 Å². The molecule has 1 N–H and O–H groups in total. The zero-order valence-corrected chi connectivity index (χ0v) is 23.5. The largest absolute Gasteiger partial charge is 0.446 e. The number of allylic oxidation sites excluding steroid dienone is 1. The average molecular weight is 500 g/mol. The van der Waals surface area contributed by atoms with E-state index in [1.165, 1.54) is 76.2 Å². The first-order chi connectivity index (χ1) is 17.4. The van der Waals surface area contributed by atoms with Gasteiger partial charge in [-0.25, -0.2) is 4.79 Å². The van der Waals surface area contributed by atoms with Gasteiger partial charge >= 0.3 is 6.09 Å². The molecule has 0 spiro atoms. The maximum Gasteiger partial charge on any atom is 0.407 e. The van der Waals surface area contributed by atoms with E-state index < -0.39 is 0 Å². The Morgan fingerprint density at radius 3 is 2.42 bits per heavy atom. The topological polar surface area (TPSA) is 55.4 Å². The first-order valence-corrected chi connectivity index (χ1v) is 15.6. The predicted octanol–water partition coefficient (Wildman–Crippen LogP) is 8.39. The van der Waals surface area contributed by atoms with Crippen LogP contribution < -0.4 is 5.32 Å². The first-order valence-electron chi connectivity index (χ1n) is 15.6. The van der Waals surface area contributed by atoms with E-state index in [9.17, 15) is 9.59 Å². The van der Waals surface area contributed by atoms with Gasteiger partial charge in [-0.1, -0.05) is 84.1 Å². The second-order valence-electron chi connectivity index (χ2n) is 13.0. The summed E-state index contributed by atoms with van der Waals surface area (Å²) in [5.74, 6) is 3.66. The lowest BCUT2D eigenvalue weighted by Gasteiger charge is -2.55. The van der Waals surface area contributed by atoms with E-state index in [4.69, 9.17) is 4.74 Å². The molecule has 4 aliphatic rings. The summed E-state index contributed by atoms with van der Waals surface area (Å²) < 4.78 is 6.11. The molecule has 4 heteroatoms. The third kappa shape index (κ3) is 6.38. The molecule has 3 saturated carbocycles. The third-order valence-corrected chi connectivity index (χ3v) is 10.6. The number of carbonyl (C=O) groups excluding carboxylic acids is 2. The van der Waals surface area contributed by atoms with Crippen LogP contribution in [0.25, 0.3) is 0 Å². The Balaban J connectivity index is 1.18. The van der Waals surface area contributed by atoms with Crippen LogP contribution in [0, 0.1) is 35.0 Å². The summed E-state index contributed by atoms with van der Waals surface area (Å²) in [5, 5.41) is 3.05. The summed E-state index contributed by atoms with van der Waals surface area (Å²) in [6.07, 6.45) is 22.4. The lowest BCUT2D eigenvalue weighted by Crippen LogP contribution is -2.51. The van der Waals surface area contributed by atoms with Crippen LogP contribution in [0.1, 0.15) is 130 Å². The van der Waals surface area contributed by atoms with Gasteiger partial charge in [0.25, 0.3) is 0 Å². The molecule has 0 saturated heterocycles. The van der Waals surface area contributed by atoms with Crippen LogP contribution in [-0.4, -0.2) is 24.5 Å². The van der Waals surface area contributed by atoms with Crippen LogP contribution in [0.2, 0.25) is 0 Å². The maximum atomic E-state index is 12.7. The van der Waals surface area contributed by atoms with Crippen molar-refractivity contribution in [2.75, 3.05) is 6.54 Å². The van der Waals surface area contributed by atoms with Crippen molar-refractivity contribution in [1.82, 2.24) is 5.32 Å². The highest BCUT2D eigenvalue weighted by Gasteiger charge is 2.59. The maximum absolute atomic E-state index is 12.7. The van der Waals surface area contributed by atoms with Gasteiger partial charge in [0.05, 0.1) is 0 Å². The highest BCUT2D eigenvalue weighted by Crippen LogP contribution is 2.63. The normalized spacial score (nSPS) is 35.4. The van der Waals surface area contributed by atoms with Crippen molar-refractivity contribution in [3.63, 3.8) is 0 Å². The van der Waals surface area contributed by atoms with Crippen LogP contribution in [-0.2, 0) is 9.53 Å². The fraction of sp³-hybridized carbons (Fsp3) is 0.875. The Morgan fingerprint density at radius 2 is 1.69 bits per heavy atom. The summed E-state index contributed by atoms with van der Waals surface area (Å²) in [6.45, 7) is 7.82. The van der Waals surface area contributed by atoms with E-state index in [-0.39, 0.29) is 17.6 Å². The van der Waals surface area contributed by atoms with Crippen molar-refractivity contribution in [2.24, 2.45) is 35.0 Å². The lowest BCUT2D eigenvalue weighted by molar-refractivity contribution is -0.116. The quantitative estimate of drug-likeness (QED) is 0.274. The Kier molecular flexibility index (Phi) is 9.98. The lowest BCUT2D eigenvalue weighted by atomic mass is 9.49. The molecule has 0 aliphatic heterocycles. The molecular formula is C32H53NO3. The average Bonchev–Trinajstić information content (AvgIpc) is 3.18. The Labute approximate surface area is 220 Å². The van der Waals surface area contributed by atoms with Crippen molar-refractivity contribution >= 4 is 11.9 Å². The first kappa shape index (κ1) is 27.7. The van der Waals surface area contributed by atoms with Crippen LogP contribution in [0.5, 0.6) is 0 Å². The highest BCUT2D eigenvalue weighted by molar-refractivity contribution is 5.91. The van der Waals surface area contributed by atoms with Gasteiger partial charge in [0, 0.05) is 18.4 Å². The monoisotopic (exact) mass is 499 g/mol. The third-order valence-electron chi connectivity index (χ3n) is 10.6. The number of carbonyl (C=O) groups is 2. The number of hydrogen-bond acceptors (Lipinski definition) is 3. The summed E-state index contributed by atoms with van der Waals surface area (Å²) in [4.78, 5) is 24.7. The minimum atomic E-state index is -0.201. The molecule has 0 heterocycles. The molecule has 0 aromatic heterocycles. The number of ether oxygens (including phenoxy) is 1. The summed E-state index contributed by atoms with van der Waals surface area (Å²) in [6, 6.07) is 0. The molecule has 4 aliphatic carbocycles. The molecule has 1 amide bonds. The predicted molar refractivity (Wildman–Crippen MR) is 147 cm³/mol. The molecule has 4 nitrogen and oxygen atoms in total. The van der Waals surface area contributed by atoms with Crippen LogP contribution >= 0.6 is 0 Å². The van der Waals surface area contributed by atoms with Crippen LogP contribution in [0.3, 0.4) is 0 Å². The molecule has 0 aromatic rings. The van der Waals surface area contributed by atoms with Crippen LogP contribution in [0.4, 0.5) is 4.79 Å². The van der Waals surface area contributed by atoms with Gasteiger partial charge in [-0.15, -0.1) is 0 Å². The fourth-order valence-electron chi connectivity index (χ4n) is 8.71. The fourth-order valence-corrected chi connectivity index (χ4v) is 8.71. The standard InChI is InChI=1S/C32H53NO3/c1-4-5-6-7-8-9-10-11-12-13-20-33-31(35)36-29-17-16-28-30-23(2)21-24-22-25(34)14-15-26(24)27(30)18-19-32(28,29)3/h22-23,26-30H,4-21H2,1-3H3,(H,33,35)/t23-,26?,27?,28?,29+,30?,32+/m1/s1. The highest BCUT2D eigenvalue weighted by atomic mass is 16.6. The summed E-state index contributed by atoms with van der Waals surface area (Å²) in [7, 11) is 0. The van der Waals surface area contributed by atoms with Gasteiger partial charge in [0.2, 0.25) is 0 Å². The van der Waals surface area contributed by atoms with Gasteiger partial charge in [-0.3, -0.25) is 4.79 Å². The number of alkyl carbamates (subject to hydrolysis) is 1. The van der Waals surface area contributed by atoms with E-state index in [0.717, 1.165) is 51.0 Å². The van der Waals surface area contributed by atoms with Crippen molar-refractivity contribution in [3.8, 4) is 0 Å². The molecule has 0 bridgehead atoms. The number of rotatable bonds is 12. The number of amides is 1. The van der Waals surface area contributed by atoms with Gasteiger partial charge in [0.15, 0.2) is 5.78 Å². The Morgan fingerprint density at radius 1 is 1.00 bits per heavy atom. The van der Waals surface area contributed by atoms with Gasteiger partial charge in [-0.05, 0) is 80.6 Å². The second-order valence-corrected chi connectivity index (χ2v) is 13.0. The molecule has 7 atom stereocenters. The molecule has 3 fully saturated rings. The smallest absolute Gasteiger partial charge is 0.407 e. The molecule has 204 valence electrons. The number of fused-ring (bicyclic) bond motifs is 5. The van der Waals surface area contributed by atoms with Gasteiger partial charge < -0.3 is 10.1 Å². The number of ketones is 1. The number of nitrogens with one attached hydrogen (secondary N) is 1. The molecular weight excluding hydrogens is 446 g/mol. The summed E-state index contributed by atoms with van der Waals surface area (Å²) in [5.41, 5.74) is 1.55. The SMILES string of the molecule is CCCCCCCCCCCCNC(=O)O[C@H]1CCC2C3C(CC[C@@]21C)C1CCC(=O)C=C1C[C@H]3C. The number of hydrogen-bond donors (Lipinski definition) is 1. The second kappa shape index (κ2) is 13.0. The Bertz CT molecular complexity index is 775. The van der Waals surface area contributed by atoms with Crippen molar-refractivity contribution < 1.29 is 14.3 Å². The van der Waals surface area contributed by atoms with E-state index >= 15 is 0 Å². The van der Waals surface area contributed by atoms with Crippen LogP contribution in [0.15, 0.2) is 11.6 Å². The molecule has 4 rings (SSSR count). The van der Waals surface area contributed by atoms with E-state index in [2.05, 4.69) is 26.1 Å². The Hall–Kier alpha value is -1.32. The van der Waals surface area contributed by atoms with E-state index in [0.29, 0.717) is 29.5 Å². The minimum absolute atomic E-state index is 0.0493. The molecule has 0 radical (unpaired) electrons. The minimum Gasteiger partial charge on any atom is -0.446 e. The molecule has 36 heavy (non-hydrogen) atoms. The molecule has 0 aromatic carbocycles. The zero-order valence-electron chi connectivity index (χ0n) is 23.5. The van der Waals surface area contributed by atoms with Gasteiger partial charge in [-0.2, -0.15) is 0 Å². The van der Waals surface area contributed by atoms with Gasteiger partial charge in [0.1, 0.15) is 6.10 Å². The molecule has 4 unspecified atom stereocenters. The zero-order chi connectivity index (χ0) is 25.5. The van der Waals surface area contributed by atoms with E-state index in [1.54, 1.807) is 0 Å². The number of unbranched alkanes of at least 4 members (excludes halogenated alkanes) is 9.